The average molecular weight is 412 g/mol. The third-order valence-corrected chi connectivity index (χ3v) is 4.17. The van der Waals surface area contributed by atoms with E-state index in [1.807, 2.05) is 0 Å². The zero-order valence-electron chi connectivity index (χ0n) is 15.8. The molecule has 0 aliphatic carbocycles. The van der Waals surface area contributed by atoms with Crippen molar-refractivity contribution < 1.29 is 14.3 Å². The number of benzene rings is 2. The number of ether oxygens (including phenoxy) is 1. The number of nitrogens with two attached hydrogens (primary N) is 1. The van der Waals surface area contributed by atoms with Crippen LogP contribution in [0.15, 0.2) is 48.5 Å². The largest absolute Gasteiger partial charge is 0.454 e. The quantitative estimate of drug-likeness (QED) is 0.486. The van der Waals surface area contributed by atoms with E-state index in [4.69, 9.17) is 22.1 Å². The van der Waals surface area contributed by atoms with Gasteiger partial charge in [0.15, 0.2) is 18.2 Å². The van der Waals surface area contributed by atoms with E-state index in [0.29, 0.717) is 16.5 Å². The Labute approximate surface area is 172 Å². The van der Waals surface area contributed by atoms with Crippen LogP contribution in [0.5, 0.6) is 0 Å². The van der Waals surface area contributed by atoms with Gasteiger partial charge in [0.2, 0.25) is 11.9 Å². The molecule has 2 aromatic carbocycles. The lowest BCUT2D eigenvalue weighted by atomic mass is 9.98. The molecule has 8 nitrogen and oxygen atoms in total. The summed E-state index contributed by atoms with van der Waals surface area (Å²) in [6, 6.07) is 12.9. The van der Waals surface area contributed by atoms with Crippen LogP contribution in [-0.2, 0) is 11.3 Å². The van der Waals surface area contributed by atoms with Gasteiger partial charge in [0.05, 0.1) is 5.56 Å². The van der Waals surface area contributed by atoms with Crippen LogP contribution < -0.4 is 10.6 Å². The molecule has 1 aromatic heterocycles. The van der Waals surface area contributed by atoms with E-state index in [-0.39, 0.29) is 35.3 Å². The van der Waals surface area contributed by atoms with E-state index in [1.54, 1.807) is 61.5 Å². The van der Waals surface area contributed by atoms with Crippen LogP contribution in [0.1, 0.15) is 32.1 Å². The lowest BCUT2D eigenvalue weighted by Gasteiger charge is -2.12. The number of hydrogen-bond donors (Lipinski definition) is 1. The van der Waals surface area contributed by atoms with Crippen molar-refractivity contribution in [3.05, 3.63) is 76.1 Å². The van der Waals surface area contributed by atoms with Crippen LogP contribution >= 0.6 is 11.6 Å². The summed E-state index contributed by atoms with van der Waals surface area (Å²) in [5.74, 6) is -0.409. The second kappa shape index (κ2) is 8.66. The second-order valence-electron chi connectivity index (χ2n) is 6.26. The molecule has 0 spiro atoms. The summed E-state index contributed by atoms with van der Waals surface area (Å²) >= 11 is 5.87. The molecule has 9 heteroatoms. The van der Waals surface area contributed by atoms with Crippen LogP contribution in [0.2, 0.25) is 5.02 Å². The summed E-state index contributed by atoms with van der Waals surface area (Å²) in [6.45, 7) is -0.212. The number of nitrogen functional groups attached to an aromatic ring is 1. The van der Waals surface area contributed by atoms with Crippen molar-refractivity contribution in [3.8, 4) is 0 Å². The highest BCUT2D eigenvalue weighted by Gasteiger charge is 2.20. The molecule has 0 radical (unpaired) electrons. The number of hydrogen-bond acceptors (Lipinski definition) is 8. The summed E-state index contributed by atoms with van der Waals surface area (Å²) < 4.78 is 5.31. The molecule has 0 bridgehead atoms. The third-order valence-electron chi connectivity index (χ3n) is 3.92. The molecule has 3 aromatic rings. The summed E-state index contributed by atoms with van der Waals surface area (Å²) in [7, 11) is 3.51. The van der Waals surface area contributed by atoms with E-state index in [9.17, 15) is 9.59 Å². The fraction of sp³-hybridized carbons (Fsp3) is 0.150. The maximum absolute atomic E-state index is 12.8. The molecular weight excluding hydrogens is 394 g/mol. The Hall–Kier alpha value is -3.52. The lowest BCUT2D eigenvalue weighted by Crippen LogP contribution is -2.17. The van der Waals surface area contributed by atoms with Crippen molar-refractivity contribution in [1.29, 1.82) is 0 Å². The minimum atomic E-state index is -0.673. The molecule has 1 heterocycles. The number of aromatic nitrogens is 3. The Balaban J connectivity index is 1.80. The zero-order chi connectivity index (χ0) is 21.0. The van der Waals surface area contributed by atoms with Crippen molar-refractivity contribution in [2.75, 3.05) is 24.7 Å². The van der Waals surface area contributed by atoms with Gasteiger partial charge in [-0.2, -0.15) is 15.0 Å². The molecule has 0 aliphatic rings. The number of carbonyl (C=O) groups excluding carboxylic acids is 2. The molecule has 148 valence electrons. The van der Waals surface area contributed by atoms with Crippen LogP contribution in [-0.4, -0.2) is 40.8 Å². The second-order valence-corrected chi connectivity index (χ2v) is 6.70. The number of anilines is 2. The van der Waals surface area contributed by atoms with Gasteiger partial charge in [-0.15, -0.1) is 0 Å². The molecule has 29 heavy (non-hydrogen) atoms. The molecule has 0 saturated carbocycles. The first-order chi connectivity index (χ1) is 13.8. The van der Waals surface area contributed by atoms with E-state index in [1.165, 1.54) is 6.07 Å². The zero-order valence-corrected chi connectivity index (χ0v) is 16.6. The van der Waals surface area contributed by atoms with Gasteiger partial charge in [-0.05, 0) is 30.3 Å². The maximum Gasteiger partial charge on any atom is 0.339 e. The molecule has 0 amide bonds. The monoisotopic (exact) mass is 411 g/mol. The topological polar surface area (TPSA) is 111 Å². The molecule has 0 atom stereocenters. The molecule has 0 saturated heterocycles. The number of carbonyl (C=O) groups is 2. The molecule has 0 unspecified atom stereocenters. The van der Waals surface area contributed by atoms with Crippen LogP contribution in [0.3, 0.4) is 0 Å². The van der Waals surface area contributed by atoms with E-state index in [2.05, 4.69) is 15.0 Å². The van der Waals surface area contributed by atoms with Crippen LogP contribution in [0.4, 0.5) is 11.9 Å². The Kier molecular flexibility index (Phi) is 6.04. The number of ketones is 1. The van der Waals surface area contributed by atoms with Gasteiger partial charge in [-0.1, -0.05) is 29.8 Å². The van der Waals surface area contributed by atoms with Crippen molar-refractivity contribution in [2.45, 2.75) is 6.61 Å². The smallest absolute Gasteiger partial charge is 0.339 e. The molecule has 0 fully saturated rings. The number of rotatable bonds is 6. The van der Waals surface area contributed by atoms with Crippen molar-refractivity contribution in [1.82, 2.24) is 15.0 Å². The molecule has 2 N–H and O–H groups in total. The van der Waals surface area contributed by atoms with Gasteiger partial charge in [-0.25, -0.2) is 4.79 Å². The SMILES string of the molecule is CN(C)c1nc(N)nc(COC(=O)c2ccccc2C(=O)c2ccc(Cl)cc2)n1. The highest BCUT2D eigenvalue weighted by molar-refractivity contribution is 6.30. The minimum absolute atomic E-state index is 0.0214. The summed E-state index contributed by atoms with van der Waals surface area (Å²) in [5.41, 5.74) is 6.45. The fourth-order valence-corrected chi connectivity index (χ4v) is 2.64. The van der Waals surface area contributed by atoms with Crippen LogP contribution in [0.25, 0.3) is 0 Å². The lowest BCUT2D eigenvalue weighted by molar-refractivity contribution is 0.0459. The number of nitrogens with zero attached hydrogens (tertiary/aromatic N) is 4. The van der Waals surface area contributed by atoms with Crippen molar-refractivity contribution in [3.63, 3.8) is 0 Å². The first-order valence-electron chi connectivity index (χ1n) is 8.59. The predicted octanol–water partition coefficient (Wildman–Crippen LogP) is 2.76. The normalized spacial score (nSPS) is 10.4. The molecule has 0 aliphatic heterocycles. The predicted molar refractivity (Wildman–Crippen MR) is 109 cm³/mol. The Morgan fingerprint density at radius 2 is 1.66 bits per heavy atom. The number of esters is 1. The van der Waals surface area contributed by atoms with Gasteiger partial charge in [-0.3, -0.25) is 4.79 Å². The van der Waals surface area contributed by atoms with Crippen molar-refractivity contribution in [2.24, 2.45) is 0 Å². The fourth-order valence-electron chi connectivity index (χ4n) is 2.51. The molecule has 3 rings (SSSR count). The Bertz CT molecular complexity index is 1050. The van der Waals surface area contributed by atoms with E-state index in [0.717, 1.165) is 0 Å². The summed E-state index contributed by atoms with van der Waals surface area (Å²) in [5, 5.41) is 0.517. The Morgan fingerprint density at radius 3 is 2.31 bits per heavy atom. The highest BCUT2D eigenvalue weighted by atomic mass is 35.5. The van der Waals surface area contributed by atoms with Crippen molar-refractivity contribution >= 4 is 35.3 Å². The maximum atomic E-state index is 12.8. The standard InChI is InChI=1S/C20H18ClN5O3/c1-26(2)20-24-16(23-19(22)25-20)11-29-18(28)15-6-4-3-5-14(15)17(27)12-7-9-13(21)10-8-12/h3-10H,11H2,1-2H3,(H2,22,23,24,25). The van der Waals surface area contributed by atoms with Gasteiger partial charge in [0.25, 0.3) is 0 Å². The summed E-state index contributed by atoms with van der Waals surface area (Å²) in [6.07, 6.45) is 0. The molecular formula is C20H18ClN5O3. The van der Waals surface area contributed by atoms with Gasteiger partial charge < -0.3 is 15.4 Å². The van der Waals surface area contributed by atoms with Gasteiger partial charge >= 0.3 is 5.97 Å². The first-order valence-corrected chi connectivity index (χ1v) is 8.97. The minimum Gasteiger partial charge on any atom is -0.454 e. The Morgan fingerprint density at radius 1 is 1.00 bits per heavy atom. The average Bonchev–Trinajstić information content (AvgIpc) is 2.71. The summed E-state index contributed by atoms with van der Waals surface area (Å²) in [4.78, 5) is 39.2. The van der Waals surface area contributed by atoms with Crippen LogP contribution in [0, 0.1) is 0 Å². The van der Waals surface area contributed by atoms with Gasteiger partial charge in [0.1, 0.15) is 0 Å². The van der Waals surface area contributed by atoms with E-state index < -0.39 is 5.97 Å². The number of halogens is 1. The third kappa shape index (κ3) is 4.85. The van der Waals surface area contributed by atoms with E-state index >= 15 is 0 Å². The van der Waals surface area contributed by atoms with Gasteiger partial charge in [0, 0.05) is 30.2 Å². The first kappa shape index (κ1) is 20.2. The highest BCUT2D eigenvalue weighted by Crippen LogP contribution is 2.18.